The first-order valence-corrected chi connectivity index (χ1v) is 10.4. The fourth-order valence-electron chi connectivity index (χ4n) is 3.96. The Labute approximate surface area is 192 Å². The molecule has 0 spiro atoms. The highest BCUT2D eigenvalue weighted by atomic mass is 19.3. The lowest BCUT2D eigenvalue weighted by Crippen LogP contribution is -2.45. The normalized spacial score (nSPS) is 15.0. The number of carbonyl (C=O) groups excluding carboxylic acids is 1. The summed E-state index contributed by atoms with van der Waals surface area (Å²) in [6, 6.07) is 10.2. The van der Waals surface area contributed by atoms with E-state index in [9.17, 15) is 18.6 Å². The second-order valence-corrected chi connectivity index (χ2v) is 7.98. The molecule has 2 heterocycles. The number of ether oxygens (including phenoxy) is 1. The number of nitrogens with zero attached hydrogens (tertiary/aromatic N) is 4. The number of aromatic nitrogens is 4. The van der Waals surface area contributed by atoms with Crippen LogP contribution in [0, 0.1) is 0 Å². The van der Waals surface area contributed by atoms with E-state index in [2.05, 4.69) is 15.3 Å². The fourth-order valence-corrected chi connectivity index (χ4v) is 3.96. The molecule has 0 atom stereocenters. The second-order valence-electron chi connectivity index (χ2n) is 7.98. The molecular formula is C22H18BF2N5O4. The standard InChI is InChI=1S/C22H18BF2N5O4/c24-22(25)9-14(10-22)34-21-8-20(30-5-1-4-28-30)16(7-17(21)23(32)33-12-31)13-2-3-15-18(26)11-27-29-19(15)6-13/h1-8,11-12,14,32H,9-10H2,(H2,26,29). The number of nitrogen functional groups attached to an aromatic ring is 1. The van der Waals surface area contributed by atoms with Crippen molar-refractivity contribution < 1.29 is 28.0 Å². The molecule has 34 heavy (non-hydrogen) atoms. The van der Waals surface area contributed by atoms with Crippen LogP contribution in [0.15, 0.2) is 55.0 Å². The summed E-state index contributed by atoms with van der Waals surface area (Å²) in [6.07, 6.45) is 3.12. The lowest BCUT2D eigenvalue weighted by molar-refractivity contribution is -0.134. The highest BCUT2D eigenvalue weighted by Gasteiger charge is 2.47. The van der Waals surface area contributed by atoms with Gasteiger partial charge in [0.05, 0.1) is 23.1 Å². The van der Waals surface area contributed by atoms with Gasteiger partial charge < -0.3 is 20.1 Å². The molecule has 172 valence electrons. The summed E-state index contributed by atoms with van der Waals surface area (Å²) < 4.78 is 38.9. The minimum absolute atomic E-state index is 0.0986. The molecule has 0 saturated heterocycles. The zero-order valence-corrected chi connectivity index (χ0v) is 17.6. The molecule has 0 unspecified atom stereocenters. The van der Waals surface area contributed by atoms with Gasteiger partial charge in [0.25, 0.3) is 12.4 Å². The summed E-state index contributed by atoms with van der Waals surface area (Å²) in [5, 5.41) is 23.5. The Kier molecular flexibility index (Phi) is 5.36. The minimum Gasteiger partial charge on any atom is -0.508 e. The molecule has 4 aromatic rings. The molecule has 1 aliphatic rings. The first-order valence-electron chi connectivity index (χ1n) is 10.4. The van der Waals surface area contributed by atoms with E-state index in [1.54, 1.807) is 47.4 Å². The third-order valence-electron chi connectivity index (χ3n) is 5.66. The third-order valence-corrected chi connectivity index (χ3v) is 5.66. The van der Waals surface area contributed by atoms with Crippen molar-refractivity contribution in [2.45, 2.75) is 24.9 Å². The molecule has 2 aromatic heterocycles. The number of nitrogens with two attached hydrogens (primary N) is 1. The van der Waals surface area contributed by atoms with E-state index in [1.807, 2.05) is 6.07 Å². The summed E-state index contributed by atoms with van der Waals surface area (Å²) in [5.41, 5.74) is 8.92. The van der Waals surface area contributed by atoms with Crippen molar-refractivity contribution in [2.75, 3.05) is 5.73 Å². The van der Waals surface area contributed by atoms with Crippen LogP contribution in [0.2, 0.25) is 0 Å². The van der Waals surface area contributed by atoms with E-state index in [0.717, 1.165) is 5.39 Å². The highest BCUT2D eigenvalue weighted by Crippen LogP contribution is 2.40. The van der Waals surface area contributed by atoms with Gasteiger partial charge in [0, 0.05) is 47.7 Å². The number of fused-ring (bicyclic) bond motifs is 1. The van der Waals surface area contributed by atoms with Crippen molar-refractivity contribution >= 4 is 35.6 Å². The Balaban J connectivity index is 1.67. The molecule has 5 rings (SSSR count). The van der Waals surface area contributed by atoms with Crippen LogP contribution in [-0.2, 0) is 9.45 Å². The fraction of sp³-hybridized carbons (Fsp3) is 0.182. The van der Waals surface area contributed by atoms with Crippen molar-refractivity contribution in [2.24, 2.45) is 0 Å². The Morgan fingerprint density at radius 2 is 2.09 bits per heavy atom. The largest absolute Gasteiger partial charge is 0.565 e. The number of anilines is 1. The zero-order chi connectivity index (χ0) is 23.9. The Hall–Kier alpha value is -4.06. The quantitative estimate of drug-likeness (QED) is 0.314. The number of benzene rings is 2. The van der Waals surface area contributed by atoms with Crippen molar-refractivity contribution in [3.05, 3.63) is 55.0 Å². The number of hydrogen-bond acceptors (Lipinski definition) is 8. The van der Waals surface area contributed by atoms with Gasteiger partial charge in [0.1, 0.15) is 11.9 Å². The van der Waals surface area contributed by atoms with Gasteiger partial charge in [-0.15, -0.1) is 0 Å². The summed E-state index contributed by atoms with van der Waals surface area (Å²) in [6.45, 7) is 0.0986. The molecule has 12 heteroatoms. The summed E-state index contributed by atoms with van der Waals surface area (Å²) >= 11 is 0. The monoisotopic (exact) mass is 465 g/mol. The maximum atomic E-state index is 13.4. The van der Waals surface area contributed by atoms with Gasteiger partial charge >= 0.3 is 7.12 Å². The molecule has 0 amide bonds. The molecular weight excluding hydrogens is 447 g/mol. The lowest BCUT2D eigenvalue weighted by atomic mass is 9.77. The average Bonchev–Trinajstić information content (AvgIpc) is 3.32. The molecule has 2 aromatic carbocycles. The topological polar surface area (TPSA) is 125 Å². The molecule has 0 aliphatic heterocycles. The van der Waals surface area contributed by atoms with Crippen LogP contribution in [0.3, 0.4) is 0 Å². The Morgan fingerprint density at radius 3 is 2.79 bits per heavy atom. The SMILES string of the molecule is Nc1cnnc2cc(-c3cc(B(O)OC=O)c(OC4CC(F)(F)C4)cc3-n3cccn3)ccc12. The summed E-state index contributed by atoms with van der Waals surface area (Å²) in [5.74, 6) is -2.68. The predicted molar refractivity (Wildman–Crippen MR) is 120 cm³/mol. The van der Waals surface area contributed by atoms with Gasteiger partial charge in [0.2, 0.25) is 0 Å². The van der Waals surface area contributed by atoms with Gasteiger partial charge in [0.15, 0.2) is 0 Å². The maximum Gasteiger partial charge on any atom is 0.565 e. The van der Waals surface area contributed by atoms with E-state index in [1.165, 1.54) is 6.20 Å². The Morgan fingerprint density at radius 1 is 1.26 bits per heavy atom. The number of hydrogen-bond donors (Lipinski definition) is 2. The number of alkyl halides is 2. The van der Waals surface area contributed by atoms with Crippen LogP contribution < -0.4 is 15.9 Å². The smallest absolute Gasteiger partial charge is 0.508 e. The van der Waals surface area contributed by atoms with Gasteiger partial charge in [-0.3, -0.25) is 4.79 Å². The van der Waals surface area contributed by atoms with Crippen LogP contribution in [0.4, 0.5) is 14.5 Å². The van der Waals surface area contributed by atoms with Crippen molar-refractivity contribution in [3.8, 4) is 22.6 Å². The van der Waals surface area contributed by atoms with E-state index in [-0.39, 0.29) is 17.7 Å². The Bertz CT molecular complexity index is 1360. The number of carbonyl (C=O) groups is 1. The first kappa shape index (κ1) is 21.8. The van der Waals surface area contributed by atoms with Crippen LogP contribution >= 0.6 is 0 Å². The van der Waals surface area contributed by atoms with Crippen molar-refractivity contribution in [3.63, 3.8) is 0 Å². The lowest BCUT2D eigenvalue weighted by Gasteiger charge is -2.35. The van der Waals surface area contributed by atoms with E-state index < -0.39 is 32.0 Å². The second kappa shape index (κ2) is 8.38. The van der Waals surface area contributed by atoms with Gasteiger partial charge in [-0.05, 0) is 29.8 Å². The molecule has 0 radical (unpaired) electrons. The van der Waals surface area contributed by atoms with Gasteiger partial charge in [-0.1, -0.05) is 6.07 Å². The maximum absolute atomic E-state index is 13.4. The third kappa shape index (κ3) is 4.03. The number of rotatable bonds is 7. The van der Waals surface area contributed by atoms with Gasteiger partial charge in [-0.2, -0.15) is 15.3 Å². The first-order chi connectivity index (χ1) is 16.3. The van der Waals surface area contributed by atoms with E-state index in [4.69, 9.17) is 15.1 Å². The minimum atomic E-state index is -2.79. The van der Waals surface area contributed by atoms with E-state index >= 15 is 0 Å². The summed E-state index contributed by atoms with van der Waals surface area (Å²) in [4.78, 5) is 10.9. The molecule has 3 N–H and O–H groups in total. The number of halogens is 2. The van der Waals surface area contributed by atoms with Crippen molar-refractivity contribution in [1.29, 1.82) is 0 Å². The zero-order valence-electron chi connectivity index (χ0n) is 17.6. The van der Waals surface area contributed by atoms with Crippen molar-refractivity contribution in [1.82, 2.24) is 20.0 Å². The van der Waals surface area contributed by atoms with Crippen LogP contribution in [0.5, 0.6) is 5.75 Å². The molecule has 9 nitrogen and oxygen atoms in total. The average molecular weight is 465 g/mol. The molecule has 1 saturated carbocycles. The molecule has 0 bridgehead atoms. The van der Waals surface area contributed by atoms with Crippen LogP contribution in [-0.4, -0.2) is 50.6 Å². The van der Waals surface area contributed by atoms with E-state index in [0.29, 0.717) is 28.0 Å². The van der Waals surface area contributed by atoms with Gasteiger partial charge in [-0.25, -0.2) is 13.5 Å². The van der Waals surface area contributed by atoms with Crippen LogP contribution in [0.25, 0.3) is 27.7 Å². The summed E-state index contributed by atoms with van der Waals surface area (Å²) in [7, 11) is -1.67. The van der Waals surface area contributed by atoms with Crippen LogP contribution in [0.1, 0.15) is 12.8 Å². The highest BCUT2D eigenvalue weighted by molar-refractivity contribution is 6.62. The predicted octanol–water partition coefficient (Wildman–Crippen LogP) is 2.10. The molecule has 1 aliphatic carbocycles. The molecule has 1 fully saturated rings.